The van der Waals surface area contributed by atoms with Gasteiger partial charge in [-0.3, -0.25) is 0 Å². The Kier molecular flexibility index (Phi) is 2.53. The van der Waals surface area contributed by atoms with Crippen LogP contribution in [0.4, 0.5) is 5.69 Å². The molecule has 1 heterocycles. The SMILES string of the molecule is N#Cc1c(N)cc(C(=O)O)nc1C(=O)O. The lowest BCUT2D eigenvalue weighted by molar-refractivity contribution is 0.0685. The maximum Gasteiger partial charge on any atom is 0.355 e. The number of pyridine rings is 1. The Balaban J connectivity index is 3.54. The monoisotopic (exact) mass is 207 g/mol. The van der Waals surface area contributed by atoms with Crippen molar-refractivity contribution in [3.8, 4) is 6.07 Å². The predicted octanol–water partition coefficient (Wildman–Crippen LogP) is -0.0681. The van der Waals surface area contributed by atoms with Crippen molar-refractivity contribution in [3.05, 3.63) is 23.0 Å². The minimum atomic E-state index is -1.50. The Morgan fingerprint density at radius 1 is 1.40 bits per heavy atom. The minimum absolute atomic E-state index is 0.220. The predicted molar refractivity (Wildman–Crippen MR) is 47.3 cm³/mol. The molecule has 4 N–H and O–H groups in total. The average molecular weight is 207 g/mol. The summed E-state index contributed by atoms with van der Waals surface area (Å²) in [5.74, 6) is -2.91. The number of rotatable bonds is 2. The first-order valence-electron chi connectivity index (χ1n) is 3.64. The highest BCUT2D eigenvalue weighted by molar-refractivity contribution is 5.94. The molecular formula is C8H5N3O4. The van der Waals surface area contributed by atoms with Crippen molar-refractivity contribution in [1.82, 2.24) is 4.98 Å². The molecule has 15 heavy (non-hydrogen) atoms. The van der Waals surface area contributed by atoms with Crippen molar-refractivity contribution in [3.63, 3.8) is 0 Å². The van der Waals surface area contributed by atoms with Gasteiger partial charge in [0.2, 0.25) is 0 Å². The lowest BCUT2D eigenvalue weighted by atomic mass is 10.1. The largest absolute Gasteiger partial charge is 0.477 e. The summed E-state index contributed by atoms with van der Waals surface area (Å²) in [6.45, 7) is 0. The third kappa shape index (κ3) is 1.83. The standard InChI is InChI=1S/C8H5N3O4/c9-2-3-4(10)1-5(7(12)13)11-6(3)8(14)15/h1H,(H2,10,11)(H,12,13)(H,14,15). The normalized spacial score (nSPS) is 9.27. The Bertz CT molecular complexity index is 489. The Morgan fingerprint density at radius 2 is 2.00 bits per heavy atom. The van der Waals surface area contributed by atoms with Crippen molar-refractivity contribution in [1.29, 1.82) is 5.26 Å². The van der Waals surface area contributed by atoms with E-state index >= 15 is 0 Å². The van der Waals surface area contributed by atoms with Crippen LogP contribution in [0.1, 0.15) is 26.5 Å². The van der Waals surface area contributed by atoms with Crippen LogP contribution in [0, 0.1) is 11.3 Å². The molecule has 1 aromatic heterocycles. The smallest absolute Gasteiger partial charge is 0.355 e. The van der Waals surface area contributed by atoms with Crippen LogP contribution in [0.5, 0.6) is 0 Å². The van der Waals surface area contributed by atoms with Gasteiger partial charge in [-0.05, 0) is 6.07 Å². The summed E-state index contributed by atoms with van der Waals surface area (Å²) in [4.78, 5) is 24.5. The third-order valence-electron chi connectivity index (χ3n) is 1.58. The molecule has 0 aliphatic carbocycles. The summed E-state index contributed by atoms with van der Waals surface area (Å²) < 4.78 is 0. The molecule has 0 saturated carbocycles. The zero-order valence-corrected chi connectivity index (χ0v) is 7.26. The van der Waals surface area contributed by atoms with E-state index in [-0.39, 0.29) is 11.3 Å². The van der Waals surface area contributed by atoms with E-state index in [1.807, 2.05) is 0 Å². The summed E-state index contributed by atoms with van der Waals surface area (Å²) >= 11 is 0. The van der Waals surface area contributed by atoms with Crippen molar-refractivity contribution in [2.24, 2.45) is 0 Å². The number of carbonyl (C=O) groups is 2. The molecule has 0 aliphatic rings. The Labute approximate surface area is 83.4 Å². The first kappa shape index (κ1) is 10.5. The number of hydrogen-bond acceptors (Lipinski definition) is 5. The lowest BCUT2D eigenvalue weighted by Crippen LogP contribution is -2.12. The first-order valence-corrected chi connectivity index (χ1v) is 3.64. The van der Waals surface area contributed by atoms with E-state index in [1.165, 1.54) is 0 Å². The molecule has 0 bridgehead atoms. The Morgan fingerprint density at radius 3 is 2.40 bits per heavy atom. The van der Waals surface area contributed by atoms with E-state index in [4.69, 9.17) is 21.2 Å². The zero-order chi connectivity index (χ0) is 11.6. The highest BCUT2D eigenvalue weighted by Gasteiger charge is 2.18. The van der Waals surface area contributed by atoms with Crippen LogP contribution in [0.15, 0.2) is 6.07 Å². The Hall–Kier alpha value is -2.62. The van der Waals surface area contributed by atoms with Crippen LogP contribution in [0.2, 0.25) is 0 Å². The number of carboxylic acids is 2. The number of nitrogen functional groups attached to an aromatic ring is 1. The maximum atomic E-state index is 10.6. The van der Waals surface area contributed by atoms with Crippen LogP contribution in [0.3, 0.4) is 0 Å². The molecule has 76 valence electrons. The molecule has 0 unspecified atom stereocenters. The van der Waals surface area contributed by atoms with Gasteiger partial charge in [-0.1, -0.05) is 0 Å². The average Bonchev–Trinajstić information content (AvgIpc) is 2.16. The molecule has 1 aromatic rings. The second kappa shape index (κ2) is 3.63. The lowest BCUT2D eigenvalue weighted by Gasteiger charge is -2.02. The van der Waals surface area contributed by atoms with E-state index in [9.17, 15) is 9.59 Å². The zero-order valence-electron chi connectivity index (χ0n) is 7.26. The summed E-state index contributed by atoms with van der Waals surface area (Å²) in [5.41, 5.74) is 3.59. The van der Waals surface area contributed by atoms with Gasteiger partial charge >= 0.3 is 11.9 Å². The molecule has 0 aromatic carbocycles. The molecule has 1 rings (SSSR count). The van der Waals surface area contributed by atoms with E-state index in [2.05, 4.69) is 4.98 Å². The minimum Gasteiger partial charge on any atom is -0.477 e. The topological polar surface area (TPSA) is 137 Å². The fourth-order valence-electron chi connectivity index (χ4n) is 0.947. The molecule has 0 radical (unpaired) electrons. The van der Waals surface area contributed by atoms with Gasteiger partial charge < -0.3 is 15.9 Å². The van der Waals surface area contributed by atoms with Crippen molar-refractivity contribution < 1.29 is 19.8 Å². The summed E-state index contributed by atoms with van der Waals surface area (Å²) in [5, 5.41) is 25.8. The second-order valence-electron chi connectivity index (χ2n) is 2.54. The number of hydrogen-bond donors (Lipinski definition) is 3. The van der Waals surface area contributed by atoms with Gasteiger partial charge in [0.25, 0.3) is 0 Å². The van der Waals surface area contributed by atoms with Crippen LogP contribution in [-0.2, 0) is 0 Å². The molecular weight excluding hydrogens is 202 g/mol. The van der Waals surface area contributed by atoms with E-state index in [1.54, 1.807) is 6.07 Å². The summed E-state index contributed by atoms with van der Waals surface area (Å²) in [6, 6.07) is 2.49. The van der Waals surface area contributed by atoms with Gasteiger partial charge in [0, 0.05) is 0 Å². The maximum absolute atomic E-state index is 10.6. The highest BCUT2D eigenvalue weighted by Crippen LogP contribution is 2.16. The number of aromatic carboxylic acids is 2. The number of nitrogens with two attached hydrogens (primary N) is 1. The molecule has 0 fully saturated rings. The fraction of sp³-hybridized carbons (Fsp3) is 0. The third-order valence-corrected chi connectivity index (χ3v) is 1.58. The molecule has 0 spiro atoms. The van der Waals surface area contributed by atoms with Gasteiger partial charge in [-0.25, -0.2) is 14.6 Å². The van der Waals surface area contributed by atoms with E-state index in [0.717, 1.165) is 6.07 Å². The molecule has 0 aliphatic heterocycles. The van der Waals surface area contributed by atoms with Gasteiger partial charge in [-0.2, -0.15) is 5.26 Å². The van der Waals surface area contributed by atoms with Crippen LogP contribution in [0.25, 0.3) is 0 Å². The molecule has 0 amide bonds. The molecule has 7 heteroatoms. The number of aromatic nitrogens is 1. The highest BCUT2D eigenvalue weighted by atomic mass is 16.4. The molecule has 0 saturated heterocycles. The summed E-state index contributed by atoms with van der Waals surface area (Å²) in [6.07, 6.45) is 0. The van der Waals surface area contributed by atoms with Gasteiger partial charge in [-0.15, -0.1) is 0 Å². The number of carboxylic acid groups (broad SMARTS) is 2. The number of nitriles is 1. The van der Waals surface area contributed by atoms with E-state index in [0.29, 0.717) is 0 Å². The van der Waals surface area contributed by atoms with Gasteiger partial charge in [0.15, 0.2) is 11.4 Å². The van der Waals surface area contributed by atoms with Crippen molar-refractivity contribution in [2.75, 3.05) is 5.73 Å². The second-order valence-corrected chi connectivity index (χ2v) is 2.54. The quantitative estimate of drug-likeness (QED) is 0.617. The first-order chi connectivity index (χ1) is 6.97. The molecule has 7 nitrogen and oxygen atoms in total. The summed E-state index contributed by atoms with van der Waals surface area (Å²) in [7, 11) is 0. The fourth-order valence-corrected chi connectivity index (χ4v) is 0.947. The number of nitrogens with zero attached hydrogens (tertiary/aromatic N) is 2. The van der Waals surface area contributed by atoms with Gasteiger partial charge in [0.1, 0.15) is 11.6 Å². The van der Waals surface area contributed by atoms with Crippen LogP contribution < -0.4 is 5.73 Å². The van der Waals surface area contributed by atoms with Gasteiger partial charge in [0.05, 0.1) is 5.69 Å². The van der Waals surface area contributed by atoms with Crippen molar-refractivity contribution >= 4 is 17.6 Å². The van der Waals surface area contributed by atoms with Crippen LogP contribution >= 0.6 is 0 Å². The van der Waals surface area contributed by atoms with E-state index < -0.39 is 23.3 Å². The molecule has 0 atom stereocenters. The van der Waals surface area contributed by atoms with Crippen molar-refractivity contribution in [2.45, 2.75) is 0 Å². The van der Waals surface area contributed by atoms with Crippen LogP contribution in [-0.4, -0.2) is 27.1 Å². The number of anilines is 1.